The number of hydrogen-bond donors (Lipinski definition) is 1. The molecule has 0 amide bonds. The summed E-state index contributed by atoms with van der Waals surface area (Å²) in [5.41, 5.74) is 9.35. The van der Waals surface area contributed by atoms with Crippen LogP contribution in [-0.4, -0.2) is 15.3 Å². The Bertz CT molecular complexity index is 560. The summed E-state index contributed by atoms with van der Waals surface area (Å²) in [5.74, 6) is 0. The maximum atomic E-state index is 6.43. The molecule has 4 rings (SSSR count). The molecule has 3 heteroatoms. The highest BCUT2D eigenvalue weighted by atomic mass is 15.3. The van der Waals surface area contributed by atoms with E-state index in [0.717, 1.165) is 5.69 Å². The monoisotopic (exact) mass is 239 g/mol. The predicted molar refractivity (Wildman–Crippen MR) is 70.6 cm³/mol. The molecule has 3 nitrogen and oxygen atoms in total. The van der Waals surface area contributed by atoms with Gasteiger partial charge in [-0.1, -0.05) is 12.1 Å². The molecule has 2 N–H and O–H groups in total. The van der Waals surface area contributed by atoms with Crippen LogP contribution in [0.25, 0.3) is 5.69 Å². The first kappa shape index (κ1) is 10.3. The normalized spacial score (nSPS) is 22.7. The van der Waals surface area contributed by atoms with E-state index < -0.39 is 0 Å². The molecule has 2 aromatic rings. The van der Waals surface area contributed by atoms with Crippen LogP contribution < -0.4 is 5.73 Å². The third kappa shape index (κ3) is 1.31. The highest BCUT2D eigenvalue weighted by molar-refractivity contribution is 5.44. The molecular formula is C15H17N3. The van der Waals surface area contributed by atoms with Crippen LogP contribution in [0.3, 0.4) is 0 Å². The van der Waals surface area contributed by atoms with E-state index in [-0.39, 0.29) is 11.0 Å². The van der Waals surface area contributed by atoms with Crippen molar-refractivity contribution in [2.24, 2.45) is 5.73 Å². The van der Waals surface area contributed by atoms with Crippen molar-refractivity contribution < 1.29 is 0 Å². The van der Waals surface area contributed by atoms with Crippen LogP contribution in [0.4, 0.5) is 0 Å². The first-order chi connectivity index (χ1) is 8.74. The van der Waals surface area contributed by atoms with Gasteiger partial charge in [0.05, 0.1) is 5.69 Å². The largest absolute Gasteiger partial charge is 0.324 e. The molecule has 92 valence electrons. The molecule has 18 heavy (non-hydrogen) atoms. The standard InChI is InChI=1S/C15H17N3/c16-15(8-9-15)14(6-7-14)12-2-4-13(5-3-12)18-11-1-10-17-18/h1-5,10-11H,6-9,16H2. The van der Waals surface area contributed by atoms with Crippen molar-refractivity contribution in [1.82, 2.24) is 9.78 Å². The Morgan fingerprint density at radius 2 is 1.78 bits per heavy atom. The molecule has 1 aromatic carbocycles. The average molecular weight is 239 g/mol. The van der Waals surface area contributed by atoms with Crippen LogP contribution in [0.1, 0.15) is 31.2 Å². The van der Waals surface area contributed by atoms with Gasteiger partial charge in [-0.05, 0) is 49.4 Å². The Morgan fingerprint density at radius 3 is 2.28 bits per heavy atom. The number of nitrogens with zero attached hydrogens (tertiary/aromatic N) is 2. The van der Waals surface area contributed by atoms with E-state index in [0.29, 0.717) is 0 Å². The van der Waals surface area contributed by atoms with Crippen molar-refractivity contribution in [3.63, 3.8) is 0 Å². The zero-order valence-electron chi connectivity index (χ0n) is 10.3. The first-order valence-corrected chi connectivity index (χ1v) is 6.63. The Labute approximate surface area is 107 Å². The highest BCUT2D eigenvalue weighted by Gasteiger charge is 2.63. The van der Waals surface area contributed by atoms with Crippen LogP contribution in [0, 0.1) is 0 Å². The fourth-order valence-corrected chi connectivity index (χ4v) is 3.17. The van der Waals surface area contributed by atoms with Crippen LogP contribution in [-0.2, 0) is 5.41 Å². The van der Waals surface area contributed by atoms with Gasteiger partial charge in [-0.15, -0.1) is 0 Å². The minimum Gasteiger partial charge on any atom is -0.324 e. The molecule has 0 radical (unpaired) electrons. The molecule has 2 aliphatic rings. The molecular weight excluding hydrogens is 222 g/mol. The number of aromatic nitrogens is 2. The fraction of sp³-hybridized carbons (Fsp3) is 0.400. The van der Waals surface area contributed by atoms with Gasteiger partial charge in [-0.3, -0.25) is 0 Å². The topological polar surface area (TPSA) is 43.8 Å². The average Bonchev–Trinajstić information content (AvgIpc) is 3.30. The summed E-state index contributed by atoms with van der Waals surface area (Å²) in [6, 6.07) is 10.7. The molecule has 1 heterocycles. The molecule has 2 fully saturated rings. The molecule has 0 aliphatic heterocycles. The minimum atomic E-state index is 0.0974. The summed E-state index contributed by atoms with van der Waals surface area (Å²) < 4.78 is 1.89. The van der Waals surface area contributed by atoms with E-state index in [1.807, 2.05) is 16.9 Å². The quantitative estimate of drug-likeness (QED) is 0.893. The second kappa shape index (κ2) is 3.23. The van der Waals surface area contributed by atoms with Gasteiger partial charge >= 0.3 is 0 Å². The second-order valence-electron chi connectivity index (χ2n) is 5.74. The Hall–Kier alpha value is -1.61. The van der Waals surface area contributed by atoms with Crippen LogP contribution in [0.15, 0.2) is 42.7 Å². The zero-order valence-corrected chi connectivity index (χ0v) is 10.3. The van der Waals surface area contributed by atoms with E-state index in [1.54, 1.807) is 6.20 Å². The lowest BCUT2D eigenvalue weighted by Crippen LogP contribution is -2.37. The van der Waals surface area contributed by atoms with Crippen molar-refractivity contribution in [3.05, 3.63) is 48.3 Å². The molecule has 0 atom stereocenters. The third-order valence-corrected chi connectivity index (χ3v) is 4.68. The highest BCUT2D eigenvalue weighted by Crippen LogP contribution is 2.63. The maximum Gasteiger partial charge on any atom is 0.0645 e. The maximum absolute atomic E-state index is 6.43. The van der Waals surface area contributed by atoms with Crippen molar-refractivity contribution in [2.45, 2.75) is 36.6 Å². The lowest BCUT2D eigenvalue weighted by atomic mass is 9.86. The van der Waals surface area contributed by atoms with Crippen molar-refractivity contribution in [2.75, 3.05) is 0 Å². The van der Waals surface area contributed by atoms with Gasteiger partial charge in [0.2, 0.25) is 0 Å². The molecule has 1 aromatic heterocycles. The summed E-state index contributed by atoms with van der Waals surface area (Å²) >= 11 is 0. The Balaban J connectivity index is 1.68. The molecule has 2 saturated carbocycles. The van der Waals surface area contributed by atoms with Gasteiger partial charge in [0.25, 0.3) is 0 Å². The Kier molecular flexibility index (Phi) is 1.86. The molecule has 0 saturated heterocycles. The minimum absolute atomic E-state index is 0.0974. The van der Waals surface area contributed by atoms with Crippen LogP contribution >= 0.6 is 0 Å². The van der Waals surface area contributed by atoms with Crippen molar-refractivity contribution >= 4 is 0 Å². The lowest BCUT2D eigenvalue weighted by molar-refractivity contribution is 0.503. The molecule has 0 bridgehead atoms. The summed E-state index contributed by atoms with van der Waals surface area (Å²) in [5, 5.41) is 4.25. The van der Waals surface area contributed by atoms with Gasteiger partial charge in [0.1, 0.15) is 0 Å². The Morgan fingerprint density at radius 1 is 1.06 bits per heavy atom. The van der Waals surface area contributed by atoms with Gasteiger partial charge in [-0.2, -0.15) is 5.10 Å². The summed E-state index contributed by atoms with van der Waals surface area (Å²) in [7, 11) is 0. The number of rotatable bonds is 3. The van der Waals surface area contributed by atoms with Gasteiger partial charge < -0.3 is 5.73 Å². The zero-order chi connectivity index (χ0) is 12.2. The molecule has 0 unspecified atom stereocenters. The van der Waals surface area contributed by atoms with Gasteiger partial charge in [-0.25, -0.2) is 4.68 Å². The number of benzene rings is 1. The fourth-order valence-electron chi connectivity index (χ4n) is 3.17. The third-order valence-electron chi connectivity index (χ3n) is 4.68. The van der Waals surface area contributed by atoms with E-state index in [2.05, 4.69) is 29.4 Å². The van der Waals surface area contributed by atoms with E-state index in [4.69, 9.17) is 5.73 Å². The molecule has 0 spiro atoms. The van der Waals surface area contributed by atoms with E-state index in [1.165, 1.54) is 31.2 Å². The number of nitrogens with two attached hydrogens (primary N) is 1. The lowest BCUT2D eigenvalue weighted by Gasteiger charge is -2.23. The number of hydrogen-bond acceptors (Lipinski definition) is 2. The van der Waals surface area contributed by atoms with E-state index in [9.17, 15) is 0 Å². The summed E-state index contributed by atoms with van der Waals surface area (Å²) in [4.78, 5) is 0. The van der Waals surface area contributed by atoms with Crippen LogP contribution in [0.5, 0.6) is 0 Å². The second-order valence-corrected chi connectivity index (χ2v) is 5.74. The predicted octanol–water partition coefficient (Wildman–Crippen LogP) is 2.40. The SMILES string of the molecule is NC1(C2(c3ccc(-n4cccn4)cc3)CC2)CC1. The van der Waals surface area contributed by atoms with Crippen LogP contribution in [0.2, 0.25) is 0 Å². The summed E-state index contributed by atoms with van der Waals surface area (Å²) in [6.45, 7) is 0. The van der Waals surface area contributed by atoms with Crippen molar-refractivity contribution in [3.8, 4) is 5.69 Å². The van der Waals surface area contributed by atoms with E-state index >= 15 is 0 Å². The molecule has 2 aliphatic carbocycles. The first-order valence-electron chi connectivity index (χ1n) is 6.63. The smallest absolute Gasteiger partial charge is 0.0645 e. The van der Waals surface area contributed by atoms with Crippen molar-refractivity contribution in [1.29, 1.82) is 0 Å². The van der Waals surface area contributed by atoms with Gasteiger partial charge in [0, 0.05) is 23.3 Å². The van der Waals surface area contributed by atoms with Gasteiger partial charge in [0.15, 0.2) is 0 Å². The summed E-state index contributed by atoms with van der Waals surface area (Å²) in [6.07, 6.45) is 8.65.